The van der Waals surface area contributed by atoms with Crippen LogP contribution in [0.25, 0.3) is 32.6 Å². The number of nitrogens with zero attached hydrogens (tertiary/aromatic N) is 3. The molecule has 0 spiro atoms. The van der Waals surface area contributed by atoms with Crippen molar-refractivity contribution in [2.75, 3.05) is 0 Å². The van der Waals surface area contributed by atoms with E-state index in [-0.39, 0.29) is 0 Å². The van der Waals surface area contributed by atoms with E-state index in [4.69, 9.17) is 4.98 Å². The molecule has 0 saturated heterocycles. The average molecular weight is 363 g/mol. The second-order valence-corrected chi connectivity index (χ2v) is 8.48. The minimum atomic E-state index is 0.791. The van der Waals surface area contributed by atoms with E-state index in [9.17, 15) is 0 Å². The second kappa shape index (κ2) is 6.20. The van der Waals surface area contributed by atoms with Crippen molar-refractivity contribution in [1.82, 2.24) is 9.55 Å². The number of hydrogen-bond donors (Lipinski definition) is 0. The standard InChI is InChI=1S/C22H24N3S/c1-15-11-12-19-21(23-14-26-19)20(15)22-24(2)17-9-5-6-10-18(17)25(22)13-16-7-3-4-8-16/h5-6,9-12,14,16H,3-4,7-8,13H2,1-2H3/q+1. The molecule has 4 aromatic rings. The van der Waals surface area contributed by atoms with Gasteiger partial charge < -0.3 is 0 Å². The number of para-hydroxylation sites is 2. The Hall–Kier alpha value is -2.20. The second-order valence-electron chi connectivity index (χ2n) is 7.59. The van der Waals surface area contributed by atoms with Gasteiger partial charge in [0.2, 0.25) is 0 Å². The minimum absolute atomic E-state index is 0.791. The molecule has 0 N–H and O–H groups in total. The highest BCUT2D eigenvalue weighted by molar-refractivity contribution is 7.16. The Kier molecular flexibility index (Phi) is 3.82. The highest BCUT2D eigenvalue weighted by atomic mass is 32.1. The smallest absolute Gasteiger partial charge is 0.244 e. The van der Waals surface area contributed by atoms with Crippen molar-refractivity contribution in [2.24, 2.45) is 13.0 Å². The predicted molar refractivity (Wildman–Crippen MR) is 108 cm³/mol. The molecule has 0 atom stereocenters. The van der Waals surface area contributed by atoms with Gasteiger partial charge in [-0.3, -0.25) is 0 Å². The van der Waals surface area contributed by atoms with Crippen molar-refractivity contribution in [1.29, 1.82) is 0 Å². The van der Waals surface area contributed by atoms with Gasteiger partial charge in [0.1, 0.15) is 0 Å². The molecule has 5 rings (SSSR count). The molecule has 3 nitrogen and oxygen atoms in total. The molecule has 0 amide bonds. The largest absolute Gasteiger partial charge is 0.292 e. The van der Waals surface area contributed by atoms with Gasteiger partial charge in [-0.15, -0.1) is 11.3 Å². The van der Waals surface area contributed by atoms with Crippen LogP contribution in [0.2, 0.25) is 0 Å². The Morgan fingerprint density at radius 1 is 1.15 bits per heavy atom. The van der Waals surface area contributed by atoms with Crippen molar-refractivity contribution < 1.29 is 4.57 Å². The summed E-state index contributed by atoms with van der Waals surface area (Å²) in [5.74, 6) is 2.09. The van der Waals surface area contributed by atoms with Crippen molar-refractivity contribution in [3.8, 4) is 11.4 Å². The zero-order valence-electron chi connectivity index (χ0n) is 15.4. The third-order valence-corrected chi connectivity index (χ3v) is 6.75. The molecule has 0 bridgehead atoms. The molecule has 1 aliphatic carbocycles. The first-order valence-electron chi connectivity index (χ1n) is 9.54. The van der Waals surface area contributed by atoms with Gasteiger partial charge in [0, 0.05) is 0 Å². The van der Waals surface area contributed by atoms with Crippen LogP contribution in [0.15, 0.2) is 41.9 Å². The van der Waals surface area contributed by atoms with Crippen LogP contribution in [0.1, 0.15) is 31.2 Å². The average Bonchev–Trinajstić information content (AvgIpc) is 3.38. The van der Waals surface area contributed by atoms with Gasteiger partial charge in [-0.2, -0.15) is 0 Å². The van der Waals surface area contributed by atoms with E-state index in [0.29, 0.717) is 0 Å². The minimum Gasteiger partial charge on any atom is -0.244 e. The summed E-state index contributed by atoms with van der Waals surface area (Å²) in [6.45, 7) is 3.32. The molecule has 1 fully saturated rings. The molecule has 2 aromatic carbocycles. The maximum Gasteiger partial charge on any atom is 0.292 e. The van der Waals surface area contributed by atoms with Gasteiger partial charge in [0.05, 0.1) is 34.9 Å². The van der Waals surface area contributed by atoms with Crippen LogP contribution in [0, 0.1) is 12.8 Å². The highest BCUT2D eigenvalue weighted by Gasteiger charge is 2.30. The normalized spacial score (nSPS) is 15.5. The fraction of sp³-hybridized carbons (Fsp3) is 0.364. The van der Waals surface area contributed by atoms with Crippen LogP contribution in [-0.2, 0) is 13.6 Å². The van der Waals surface area contributed by atoms with E-state index in [2.05, 4.69) is 59.5 Å². The maximum atomic E-state index is 4.73. The first kappa shape index (κ1) is 16.0. The predicted octanol–water partition coefficient (Wildman–Crippen LogP) is 5.24. The molecule has 1 saturated carbocycles. The summed E-state index contributed by atoms with van der Waals surface area (Å²) in [6.07, 6.45) is 5.48. The number of hydrogen-bond acceptors (Lipinski definition) is 2. The number of rotatable bonds is 3. The topological polar surface area (TPSA) is 21.7 Å². The summed E-state index contributed by atoms with van der Waals surface area (Å²) in [6, 6.07) is 13.3. The zero-order valence-corrected chi connectivity index (χ0v) is 16.2. The van der Waals surface area contributed by atoms with Gasteiger partial charge in [-0.25, -0.2) is 14.1 Å². The van der Waals surface area contributed by atoms with Crippen LogP contribution in [-0.4, -0.2) is 9.55 Å². The third kappa shape index (κ3) is 2.39. The Labute approximate surface area is 157 Å². The Morgan fingerprint density at radius 3 is 2.81 bits per heavy atom. The quantitative estimate of drug-likeness (QED) is 0.457. The summed E-state index contributed by atoms with van der Waals surface area (Å²) < 4.78 is 6.20. The lowest BCUT2D eigenvalue weighted by molar-refractivity contribution is -0.634. The molecule has 0 radical (unpaired) electrons. The van der Waals surface area contributed by atoms with Crippen molar-refractivity contribution >= 4 is 32.6 Å². The maximum absolute atomic E-state index is 4.73. The van der Waals surface area contributed by atoms with Crippen LogP contribution in [0.4, 0.5) is 0 Å². The fourth-order valence-corrected chi connectivity index (χ4v) is 5.32. The number of fused-ring (bicyclic) bond motifs is 2. The highest BCUT2D eigenvalue weighted by Crippen LogP contribution is 2.35. The lowest BCUT2D eigenvalue weighted by Crippen LogP contribution is -2.31. The van der Waals surface area contributed by atoms with E-state index in [1.54, 1.807) is 11.3 Å². The molecular formula is C22H24N3S+. The molecule has 0 unspecified atom stereocenters. The molecule has 4 heteroatoms. The van der Waals surface area contributed by atoms with Crippen molar-refractivity contribution in [3.63, 3.8) is 0 Å². The van der Waals surface area contributed by atoms with E-state index >= 15 is 0 Å². The number of thiazole rings is 1. The van der Waals surface area contributed by atoms with E-state index in [1.807, 2.05) is 5.51 Å². The van der Waals surface area contributed by atoms with Crippen LogP contribution in [0.5, 0.6) is 0 Å². The summed E-state index contributed by atoms with van der Waals surface area (Å²) >= 11 is 1.73. The monoisotopic (exact) mass is 362 g/mol. The Bertz CT molecular complexity index is 1100. The van der Waals surface area contributed by atoms with Gasteiger partial charge in [0.25, 0.3) is 5.82 Å². The van der Waals surface area contributed by atoms with Gasteiger partial charge in [-0.05, 0) is 49.4 Å². The zero-order chi connectivity index (χ0) is 17.7. The molecule has 2 aromatic heterocycles. The number of aryl methyl sites for hydroxylation is 2. The molecule has 26 heavy (non-hydrogen) atoms. The van der Waals surface area contributed by atoms with Gasteiger partial charge in [0.15, 0.2) is 11.0 Å². The van der Waals surface area contributed by atoms with E-state index < -0.39 is 0 Å². The third-order valence-electron chi connectivity index (χ3n) is 5.96. The molecule has 2 heterocycles. The molecule has 132 valence electrons. The Morgan fingerprint density at radius 2 is 1.96 bits per heavy atom. The molecule has 1 aliphatic rings. The molecular weight excluding hydrogens is 338 g/mol. The van der Waals surface area contributed by atoms with Crippen molar-refractivity contribution in [3.05, 3.63) is 47.5 Å². The van der Waals surface area contributed by atoms with Crippen molar-refractivity contribution in [2.45, 2.75) is 39.2 Å². The van der Waals surface area contributed by atoms with E-state index in [1.165, 1.54) is 58.4 Å². The summed E-state index contributed by atoms with van der Waals surface area (Å²) in [7, 11) is 2.20. The SMILES string of the molecule is Cc1ccc2scnc2c1-c1n(CC2CCCC2)c2ccccc2[n+]1C. The summed E-state index contributed by atoms with van der Waals surface area (Å²) in [5.41, 5.74) is 8.34. The Balaban J connectivity index is 1.82. The van der Waals surface area contributed by atoms with Crippen LogP contribution < -0.4 is 4.57 Å². The number of aromatic nitrogens is 3. The lowest BCUT2D eigenvalue weighted by atomic mass is 10.1. The van der Waals surface area contributed by atoms with E-state index in [0.717, 1.165) is 18.0 Å². The van der Waals surface area contributed by atoms with Gasteiger partial charge >= 0.3 is 0 Å². The number of benzene rings is 2. The summed E-state index contributed by atoms with van der Waals surface area (Å²) in [4.78, 5) is 4.73. The number of imidazole rings is 1. The van der Waals surface area contributed by atoms with Gasteiger partial charge in [-0.1, -0.05) is 31.0 Å². The summed E-state index contributed by atoms with van der Waals surface area (Å²) in [5, 5.41) is 0. The van der Waals surface area contributed by atoms with Crippen LogP contribution >= 0.6 is 11.3 Å². The fourth-order valence-electron chi connectivity index (χ4n) is 4.64. The molecule has 0 aliphatic heterocycles. The first-order valence-corrected chi connectivity index (χ1v) is 10.4. The van der Waals surface area contributed by atoms with Crippen LogP contribution in [0.3, 0.4) is 0 Å². The first-order chi connectivity index (χ1) is 12.7. The lowest BCUT2D eigenvalue weighted by Gasteiger charge is -2.11.